The number of nitrogens with zero attached hydrogens (tertiary/aromatic N) is 3. The highest BCUT2D eigenvalue weighted by Gasteiger charge is 2.22. The maximum absolute atomic E-state index is 11.9. The number of nitrogens with one attached hydrogen (secondary N) is 1. The molecule has 3 heterocycles. The molecule has 2 aromatic carbocycles. The van der Waals surface area contributed by atoms with Gasteiger partial charge in [0.15, 0.2) is 5.82 Å². The number of anilines is 1. The zero-order chi connectivity index (χ0) is 23.8. The molecule has 1 aliphatic rings. The second-order valence-corrected chi connectivity index (χ2v) is 8.32. The van der Waals surface area contributed by atoms with Crippen LogP contribution >= 0.6 is 0 Å². The van der Waals surface area contributed by atoms with E-state index in [1.54, 1.807) is 30.3 Å². The van der Waals surface area contributed by atoms with Crippen LogP contribution in [0.15, 0.2) is 48.7 Å². The maximum Gasteiger partial charge on any atom is 0.488 e. The van der Waals surface area contributed by atoms with Crippen molar-refractivity contribution in [2.75, 3.05) is 11.9 Å². The van der Waals surface area contributed by atoms with Crippen LogP contribution in [0.2, 0.25) is 0 Å². The molecule has 1 aliphatic heterocycles. The number of hydrogen-bond donors (Lipinski definition) is 4. The highest BCUT2D eigenvalue weighted by Crippen LogP contribution is 2.33. The minimum atomic E-state index is -1.53. The standard InChI is InChI=1S/C24H24BN5O4/c1-30-12-18-16(6-3-7-17(18)22(26)31)21(30)24-28-20-8-9-34-13-19(20)23(29-24)27-11-14-4-2-5-15(10-14)25(32)33/h2-7,10,12,32-33H,8-9,11,13H2,1H3,(H2,26,31)(H,27,28,29). The summed E-state index contributed by atoms with van der Waals surface area (Å²) in [6.45, 7) is 1.43. The maximum atomic E-state index is 11.9. The second-order valence-electron chi connectivity index (χ2n) is 8.32. The number of hydrogen-bond acceptors (Lipinski definition) is 7. The molecule has 0 atom stereocenters. The lowest BCUT2D eigenvalue weighted by atomic mass is 9.79. The summed E-state index contributed by atoms with van der Waals surface area (Å²) in [6.07, 6.45) is 2.54. The predicted octanol–water partition coefficient (Wildman–Crippen LogP) is 1.10. The summed E-state index contributed by atoms with van der Waals surface area (Å²) in [6, 6.07) is 12.5. The average molecular weight is 457 g/mol. The van der Waals surface area contributed by atoms with Gasteiger partial charge in [0.25, 0.3) is 0 Å². The number of carbonyl (C=O) groups is 1. The summed E-state index contributed by atoms with van der Waals surface area (Å²) in [5.41, 5.74) is 9.96. The lowest BCUT2D eigenvalue weighted by Gasteiger charge is -2.20. The van der Waals surface area contributed by atoms with Crippen LogP contribution in [0.1, 0.15) is 27.2 Å². The second kappa shape index (κ2) is 8.90. The Hall–Kier alpha value is -3.73. The molecule has 0 aliphatic carbocycles. The molecule has 1 amide bonds. The molecular formula is C24H24BN5O4. The third kappa shape index (κ3) is 4.03. The van der Waals surface area contributed by atoms with Crippen LogP contribution in [0.3, 0.4) is 0 Å². The molecule has 10 heteroatoms. The Morgan fingerprint density at radius 1 is 1.21 bits per heavy atom. The van der Waals surface area contributed by atoms with Gasteiger partial charge in [0.1, 0.15) is 5.82 Å². The number of carbonyl (C=O) groups excluding carboxylic acids is 1. The molecule has 9 nitrogen and oxygen atoms in total. The minimum absolute atomic E-state index is 0.410. The van der Waals surface area contributed by atoms with Crippen molar-refractivity contribution in [3.63, 3.8) is 0 Å². The Labute approximate surface area is 196 Å². The van der Waals surface area contributed by atoms with Gasteiger partial charge >= 0.3 is 7.12 Å². The minimum Gasteiger partial charge on any atom is -0.423 e. The van der Waals surface area contributed by atoms with Gasteiger partial charge in [-0.05, 0) is 17.1 Å². The predicted molar refractivity (Wildman–Crippen MR) is 129 cm³/mol. The molecule has 5 rings (SSSR count). The largest absolute Gasteiger partial charge is 0.488 e. The van der Waals surface area contributed by atoms with Crippen molar-refractivity contribution in [3.8, 4) is 11.5 Å². The van der Waals surface area contributed by atoms with Crippen molar-refractivity contribution in [3.05, 3.63) is 71.0 Å². The van der Waals surface area contributed by atoms with E-state index in [2.05, 4.69) is 5.32 Å². The van der Waals surface area contributed by atoms with Gasteiger partial charge in [0, 0.05) is 48.1 Å². The molecule has 0 saturated carbocycles. The number of amides is 1. The molecule has 2 aromatic heterocycles. The fourth-order valence-corrected chi connectivity index (χ4v) is 4.39. The summed E-state index contributed by atoms with van der Waals surface area (Å²) < 4.78 is 7.57. The summed E-state index contributed by atoms with van der Waals surface area (Å²) in [4.78, 5) is 21.6. The number of primary amides is 1. The summed E-state index contributed by atoms with van der Waals surface area (Å²) in [5.74, 6) is 0.723. The normalized spacial score (nSPS) is 13.0. The Balaban J connectivity index is 1.57. The van der Waals surface area contributed by atoms with Crippen molar-refractivity contribution in [1.29, 1.82) is 0 Å². The van der Waals surface area contributed by atoms with Crippen molar-refractivity contribution in [1.82, 2.24) is 14.5 Å². The molecule has 5 N–H and O–H groups in total. The number of nitrogens with two attached hydrogens (primary N) is 1. The summed E-state index contributed by atoms with van der Waals surface area (Å²) in [7, 11) is 0.368. The van der Waals surface area contributed by atoms with Gasteiger partial charge in [-0.1, -0.05) is 36.4 Å². The zero-order valence-electron chi connectivity index (χ0n) is 18.7. The first kappa shape index (κ1) is 22.1. The highest BCUT2D eigenvalue weighted by atomic mass is 16.5. The number of aryl methyl sites for hydroxylation is 1. The third-order valence-electron chi connectivity index (χ3n) is 6.05. The van der Waals surface area contributed by atoms with Gasteiger partial charge < -0.3 is 30.4 Å². The molecular weight excluding hydrogens is 433 g/mol. The molecule has 0 spiro atoms. The molecule has 4 aromatic rings. The van der Waals surface area contributed by atoms with E-state index in [1.165, 1.54) is 0 Å². The van der Waals surface area contributed by atoms with Gasteiger partial charge in [-0.15, -0.1) is 0 Å². The van der Waals surface area contributed by atoms with Crippen LogP contribution < -0.4 is 16.5 Å². The Morgan fingerprint density at radius 2 is 2.03 bits per heavy atom. The first-order chi connectivity index (χ1) is 16.4. The van der Waals surface area contributed by atoms with Crippen LogP contribution in [0.25, 0.3) is 22.3 Å². The molecule has 0 radical (unpaired) electrons. The van der Waals surface area contributed by atoms with Gasteiger partial charge in [-0.3, -0.25) is 4.79 Å². The summed E-state index contributed by atoms with van der Waals surface area (Å²) >= 11 is 0. The van der Waals surface area contributed by atoms with Crippen LogP contribution in [0, 0.1) is 0 Å². The smallest absolute Gasteiger partial charge is 0.423 e. The van der Waals surface area contributed by atoms with E-state index in [0.717, 1.165) is 33.3 Å². The van der Waals surface area contributed by atoms with Gasteiger partial charge in [-0.25, -0.2) is 9.97 Å². The highest BCUT2D eigenvalue weighted by molar-refractivity contribution is 6.58. The molecule has 34 heavy (non-hydrogen) atoms. The van der Waals surface area contributed by atoms with Crippen LogP contribution in [-0.2, 0) is 31.4 Å². The molecule has 0 bridgehead atoms. The number of aromatic nitrogens is 3. The fraction of sp³-hybridized carbons (Fsp3) is 0.208. The number of ether oxygens (including phenoxy) is 1. The van der Waals surface area contributed by atoms with Crippen LogP contribution in [0.4, 0.5) is 5.82 Å². The fourth-order valence-electron chi connectivity index (χ4n) is 4.39. The molecule has 0 fully saturated rings. The monoisotopic (exact) mass is 457 g/mol. The van der Waals surface area contributed by atoms with E-state index in [0.29, 0.717) is 48.8 Å². The third-order valence-corrected chi connectivity index (χ3v) is 6.05. The topological polar surface area (TPSA) is 136 Å². The number of benzene rings is 2. The molecule has 0 saturated heterocycles. The van der Waals surface area contributed by atoms with Crippen molar-refractivity contribution < 1.29 is 19.6 Å². The van der Waals surface area contributed by atoms with Crippen molar-refractivity contribution in [2.45, 2.75) is 19.6 Å². The zero-order valence-corrected chi connectivity index (χ0v) is 18.7. The Morgan fingerprint density at radius 3 is 2.82 bits per heavy atom. The van der Waals surface area contributed by atoms with Crippen molar-refractivity contribution in [2.24, 2.45) is 12.8 Å². The van der Waals surface area contributed by atoms with E-state index in [4.69, 9.17) is 20.4 Å². The van der Waals surface area contributed by atoms with Gasteiger partial charge in [0.05, 0.1) is 24.6 Å². The average Bonchev–Trinajstić information content (AvgIpc) is 3.18. The quantitative estimate of drug-likeness (QED) is 0.319. The SMILES string of the molecule is Cn1cc2c(C(N)=O)cccc2c1-c1nc2c(c(NCc3cccc(B(O)O)c3)n1)COCC2. The number of fused-ring (bicyclic) bond motifs is 2. The van der Waals surface area contributed by atoms with Crippen molar-refractivity contribution >= 4 is 35.1 Å². The lowest BCUT2D eigenvalue weighted by Crippen LogP contribution is -2.30. The van der Waals surface area contributed by atoms with Crippen LogP contribution in [-0.4, -0.2) is 44.2 Å². The first-order valence-electron chi connectivity index (χ1n) is 11.0. The van der Waals surface area contributed by atoms with E-state index in [1.807, 2.05) is 29.9 Å². The van der Waals surface area contributed by atoms with Gasteiger partial charge in [-0.2, -0.15) is 0 Å². The van der Waals surface area contributed by atoms with E-state index in [9.17, 15) is 14.8 Å². The first-order valence-corrected chi connectivity index (χ1v) is 11.0. The molecule has 172 valence electrons. The van der Waals surface area contributed by atoms with Gasteiger partial charge in [0.2, 0.25) is 5.91 Å². The van der Waals surface area contributed by atoms with E-state index < -0.39 is 13.0 Å². The summed E-state index contributed by atoms with van der Waals surface area (Å²) in [5, 5.41) is 23.9. The number of rotatable bonds is 6. The Bertz CT molecular complexity index is 1400. The van der Waals surface area contributed by atoms with Crippen LogP contribution in [0.5, 0.6) is 0 Å². The van der Waals surface area contributed by atoms with E-state index in [-0.39, 0.29) is 0 Å². The molecule has 0 unspecified atom stereocenters. The lowest BCUT2D eigenvalue weighted by molar-refractivity contribution is 0.100. The Kier molecular flexibility index (Phi) is 5.78. The van der Waals surface area contributed by atoms with E-state index >= 15 is 0 Å².